The molecule has 3 saturated heterocycles. The average Bonchev–Trinajstić information content (AvgIpc) is 4.06. The number of carbonyl (C=O) groups excluding carboxylic acids is 3. The minimum atomic E-state index is -0.810. The number of benzene rings is 1. The zero-order valence-electron chi connectivity index (χ0n) is 39.2. The molecule has 0 spiro atoms. The first-order chi connectivity index (χ1) is 31.5. The lowest BCUT2D eigenvalue weighted by atomic mass is 9.93. The van der Waals surface area contributed by atoms with Gasteiger partial charge in [0.05, 0.1) is 23.9 Å². The fourth-order valence-corrected chi connectivity index (χ4v) is 10.2. The van der Waals surface area contributed by atoms with E-state index in [9.17, 15) is 24.3 Å². The summed E-state index contributed by atoms with van der Waals surface area (Å²) in [6.45, 7) is 14.7. The second-order valence-electron chi connectivity index (χ2n) is 18.8. The van der Waals surface area contributed by atoms with E-state index in [0.29, 0.717) is 84.0 Å². The van der Waals surface area contributed by atoms with Crippen molar-refractivity contribution in [1.29, 1.82) is 0 Å². The topological polar surface area (TPSA) is 165 Å². The van der Waals surface area contributed by atoms with Gasteiger partial charge in [-0.05, 0) is 132 Å². The highest BCUT2D eigenvalue weighted by atomic mass is 16.5. The monoisotopic (exact) mass is 896 g/mol. The number of fused-ring (bicyclic) bond motifs is 1. The van der Waals surface area contributed by atoms with Crippen LogP contribution in [0.2, 0.25) is 0 Å². The number of rotatable bonds is 22. The number of hydrogen-bond donors (Lipinski definition) is 3. The summed E-state index contributed by atoms with van der Waals surface area (Å²) in [5, 5.41) is 21.4. The lowest BCUT2D eigenvalue weighted by Gasteiger charge is -2.37. The van der Waals surface area contributed by atoms with Gasteiger partial charge >= 0.3 is 5.97 Å². The molecule has 0 aliphatic carbocycles. The van der Waals surface area contributed by atoms with Crippen molar-refractivity contribution in [3.05, 3.63) is 64.6 Å². The molecule has 15 nitrogen and oxygen atoms in total. The Bertz CT molecular complexity index is 2080. The van der Waals surface area contributed by atoms with Gasteiger partial charge in [0.15, 0.2) is 0 Å². The predicted octanol–water partition coefficient (Wildman–Crippen LogP) is 5.89. The van der Waals surface area contributed by atoms with Gasteiger partial charge in [0.1, 0.15) is 5.82 Å². The number of hydrogen-bond acceptors (Lipinski definition) is 10. The SMILES string of the molecule is CCO[C@@H]1CCN(C(=O)CCCCCNC(=O)CCCC(=O)N2CCN(c3cc([C@@H](CC(=O)O)CN4CC[C@@H](CCc5ccc6c(n5)NCCC6)C4)cc(-n4nc(C)cc4C)c3)CC2)C1. The molecule has 15 heteroatoms. The van der Waals surface area contributed by atoms with E-state index in [4.69, 9.17) is 14.8 Å². The number of ether oxygens (including phenoxy) is 1. The van der Waals surface area contributed by atoms with Crippen molar-refractivity contribution in [2.75, 3.05) is 88.8 Å². The highest BCUT2D eigenvalue weighted by Gasteiger charge is 2.29. The first kappa shape index (κ1) is 47.9. The number of amides is 3. The number of piperazine rings is 1. The summed E-state index contributed by atoms with van der Waals surface area (Å²) >= 11 is 0. The van der Waals surface area contributed by atoms with Crippen LogP contribution in [0.4, 0.5) is 11.5 Å². The number of aliphatic carboxylic acids is 1. The maximum atomic E-state index is 13.3. The second kappa shape index (κ2) is 23.4. The van der Waals surface area contributed by atoms with Crippen molar-refractivity contribution < 1.29 is 29.0 Å². The van der Waals surface area contributed by atoms with Crippen molar-refractivity contribution in [1.82, 2.24) is 34.8 Å². The van der Waals surface area contributed by atoms with Gasteiger partial charge in [-0.25, -0.2) is 9.67 Å². The summed E-state index contributed by atoms with van der Waals surface area (Å²) in [5.41, 5.74) is 7.27. The van der Waals surface area contributed by atoms with E-state index < -0.39 is 5.97 Å². The zero-order valence-corrected chi connectivity index (χ0v) is 39.2. The number of aromatic nitrogens is 3. The van der Waals surface area contributed by atoms with Crippen LogP contribution in [0.15, 0.2) is 36.4 Å². The highest BCUT2D eigenvalue weighted by molar-refractivity contribution is 5.79. The molecule has 2 aromatic heterocycles. The Morgan fingerprint density at radius 1 is 0.877 bits per heavy atom. The number of unbranched alkanes of at least 4 members (excludes halogenated alkanes) is 2. The molecule has 354 valence electrons. The first-order valence-electron chi connectivity index (χ1n) is 24.6. The molecule has 3 aromatic rings. The van der Waals surface area contributed by atoms with Crippen molar-refractivity contribution in [2.24, 2.45) is 5.92 Å². The van der Waals surface area contributed by atoms with Crippen LogP contribution in [-0.2, 0) is 36.8 Å². The maximum absolute atomic E-state index is 13.3. The van der Waals surface area contributed by atoms with Crippen molar-refractivity contribution in [3.8, 4) is 5.69 Å². The van der Waals surface area contributed by atoms with Crippen LogP contribution < -0.4 is 15.5 Å². The molecule has 65 heavy (non-hydrogen) atoms. The fourth-order valence-electron chi connectivity index (χ4n) is 10.2. The lowest BCUT2D eigenvalue weighted by molar-refractivity contribution is -0.137. The standard InChI is InChI=1S/C50H73N9O6/c1-4-65-45-19-23-58(35-45)48(62)12-6-5-7-20-51-46(60)11-8-13-47(61)57-26-24-56(25-27-57)43-29-40(30-44(32-43)59-37(3)28-36(2)54-59)41(31-49(63)64)34-55-22-18-38(33-55)14-16-42-17-15-39-10-9-21-52-50(39)53-42/h15,17,28-30,32,38,41,45H,4-14,16,18-27,31,33-35H2,1-3H3,(H,51,60)(H,52,53)(H,63,64)/t38-,41+,45-/m1/s1. The molecule has 1 aromatic carbocycles. The van der Waals surface area contributed by atoms with Gasteiger partial charge in [-0.2, -0.15) is 5.10 Å². The molecule has 4 aliphatic rings. The molecule has 3 N–H and O–H groups in total. The van der Waals surface area contributed by atoms with E-state index in [0.717, 1.165) is 124 Å². The predicted molar refractivity (Wildman–Crippen MR) is 253 cm³/mol. The molecule has 3 fully saturated rings. The summed E-state index contributed by atoms with van der Waals surface area (Å²) in [7, 11) is 0. The lowest BCUT2D eigenvalue weighted by Crippen LogP contribution is -2.48. The van der Waals surface area contributed by atoms with Gasteiger partial charge in [-0.3, -0.25) is 19.2 Å². The Hall–Kier alpha value is -5.02. The molecule has 0 unspecified atom stereocenters. The van der Waals surface area contributed by atoms with Gasteiger partial charge in [-0.1, -0.05) is 12.5 Å². The highest BCUT2D eigenvalue weighted by Crippen LogP contribution is 2.33. The summed E-state index contributed by atoms with van der Waals surface area (Å²) in [5.74, 6) is 0.775. The molecule has 3 amide bonds. The summed E-state index contributed by atoms with van der Waals surface area (Å²) in [4.78, 5) is 64.2. The third-order valence-electron chi connectivity index (χ3n) is 13.8. The quantitative estimate of drug-likeness (QED) is 0.103. The van der Waals surface area contributed by atoms with Crippen LogP contribution in [0.3, 0.4) is 0 Å². The van der Waals surface area contributed by atoms with E-state index in [1.54, 1.807) is 0 Å². The van der Waals surface area contributed by atoms with Crippen LogP contribution in [0.1, 0.15) is 118 Å². The van der Waals surface area contributed by atoms with E-state index in [-0.39, 0.29) is 36.2 Å². The van der Waals surface area contributed by atoms with Gasteiger partial charge in [0.2, 0.25) is 17.7 Å². The first-order valence-corrected chi connectivity index (χ1v) is 24.6. The summed E-state index contributed by atoms with van der Waals surface area (Å²) in [6, 6.07) is 12.9. The van der Waals surface area contributed by atoms with Gasteiger partial charge in [0.25, 0.3) is 0 Å². The summed E-state index contributed by atoms with van der Waals surface area (Å²) < 4.78 is 7.60. The number of carboxylic acid groups (broad SMARTS) is 1. The molecule has 6 heterocycles. The average molecular weight is 896 g/mol. The Morgan fingerprint density at radius 3 is 2.46 bits per heavy atom. The Kier molecular flexibility index (Phi) is 17.3. The van der Waals surface area contributed by atoms with Crippen molar-refractivity contribution in [3.63, 3.8) is 0 Å². The number of carboxylic acids is 1. The molecule has 0 radical (unpaired) electrons. The fraction of sp³-hybridized carbons (Fsp3) is 0.640. The Balaban J connectivity index is 0.874. The molecule has 0 bridgehead atoms. The van der Waals surface area contributed by atoms with E-state index in [2.05, 4.69) is 56.8 Å². The Labute approximate surface area is 385 Å². The van der Waals surface area contributed by atoms with Crippen molar-refractivity contribution in [2.45, 2.75) is 123 Å². The maximum Gasteiger partial charge on any atom is 0.304 e. The smallest absolute Gasteiger partial charge is 0.304 e. The second-order valence-corrected chi connectivity index (χ2v) is 18.8. The zero-order chi connectivity index (χ0) is 45.7. The molecular weight excluding hydrogens is 823 g/mol. The van der Waals surface area contributed by atoms with Crippen LogP contribution in [0.25, 0.3) is 5.69 Å². The third-order valence-corrected chi connectivity index (χ3v) is 13.8. The number of anilines is 2. The van der Waals surface area contributed by atoms with Crippen LogP contribution in [0, 0.1) is 19.8 Å². The van der Waals surface area contributed by atoms with E-state index in [1.165, 1.54) is 5.56 Å². The van der Waals surface area contributed by atoms with Gasteiger partial charge in [0, 0.05) is 114 Å². The van der Waals surface area contributed by atoms with Crippen molar-refractivity contribution >= 4 is 35.2 Å². The van der Waals surface area contributed by atoms with E-state index >= 15 is 0 Å². The van der Waals surface area contributed by atoms with Gasteiger partial charge in [-0.15, -0.1) is 0 Å². The van der Waals surface area contributed by atoms with Crippen LogP contribution >= 0.6 is 0 Å². The minimum absolute atomic E-state index is 0.0328. The molecule has 0 saturated carbocycles. The largest absolute Gasteiger partial charge is 0.481 e. The minimum Gasteiger partial charge on any atom is -0.481 e. The third kappa shape index (κ3) is 13.8. The van der Waals surface area contributed by atoms with Crippen LogP contribution in [-0.4, -0.2) is 143 Å². The van der Waals surface area contributed by atoms with Gasteiger partial charge < -0.3 is 40.1 Å². The number of pyridine rings is 1. The number of nitrogens with one attached hydrogen (secondary N) is 2. The molecular formula is C50H73N9O6. The Morgan fingerprint density at radius 2 is 1.68 bits per heavy atom. The number of carbonyl (C=O) groups is 4. The number of aryl methyl sites for hydroxylation is 4. The summed E-state index contributed by atoms with van der Waals surface area (Å²) in [6.07, 6.45) is 10.6. The molecule has 3 atom stereocenters. The number of nitrogens with zero attached hydrogens (tertiary/aromatic N) is 7. The van der Waals surface area contributed by atoms with E-state index in [1.807, 2.05) is 35.3 Å². The van der Waals surface area contributed by atoms with Crippen LogP contribution in [0.5, 0.6) is 0 Å². The molecule has 7 rings (SSSR count). The normalized spacial score (nSPS) is 19.3. The molecule has 4 aliphatic heterocycles. The number of likely N-dealkylation sites (tertiary alicyclic amines) is 2.